The van der Waals surface area contributed by atoms with Gasteiger partial charge in [0.1, 0.15) is 5.76 Å². The van der Waals surface area contributed by atoms with Gasteiger partial charge in [-0.25, -0.2) is 0 Å². The fraction of sp³-hybridized carbons (Fsp3) is 0.455. The molecule has 1 aromatic carbocycles. The molecule has 1 fully saturated rings. The van der Waals surface area contributed by atoms with Gasteiger partial charge in [0.15, 0.2) is 0 Å². The highest BCUT2D eigenvalue weighted by Gasteiger charge is 2.42. The number of nitrogens with zero attached hydrogens (tertiary/aromatic N) is 1. The van der Waals surface area contributed by atoms with Gasteiger partial charge in [-0.15, -0.1) is 0 Å². The molecule has 0 aliphatic carbocycles. The van der Waals surface area contributed by atoms with Crippen LogP contribution in [-0.2, 0) is 16.0 Å². The number of nitrogens with one attached hydrogen (secondary N) is 1. The molecule has 2 atom stereocenters. The molecule has 3 rings (SSSR count). The Bertz CT molecular complexity index is 746. The van der Waals surface area contributed by atoms with E-state index in [1.807, 2.05) is 25.3 Å². The summed E-state index contributed by atoms with van der Waals surface area (Å²) in [5.41, 5.74) is 3.13. The number of amides is 1. The first-order chi connectivity index (χ1) is 12.5. The fourth-order valence-electron chi connectivity index (χ4n) is 3.57. The lowest BCUT2D eigenvalue weighted by Gasteiger charge is -2.29. The Labute approximate surface area is 156 Å². The Morgan fingerprint density at radius 3 is 2.77 bits per heavy atom. The molecule has 0 bridgehead atoms. The van der Waals surface area contributed by atoms with Crippen LogP contribution in [0.2, 0.25) is 0 Å². The van der Waals surface area contributed by atoms with Crippen molar-refractivity contribution in [2.45, 2.75) is 46.0 Å². The van der Waals surface area contributed by atoms with Crippen LogP contribution in [0, 0.1) is 5.41 Å². The van der Waals surface area contributed by atoms with E-state index in [0.717, 1.165) is 37.3 Å². The molecule has 26 heavy (non-hydrogen) atoms. The van der Waals surface area contributed by atoms with Crippen molar-refractivity contribution in [3.8, 4) is 0 Å². The van der Waals surface area contributed by atoms with Gasteiger partial charge in [0.05, 0.1) is 12.0 Å². The zero-order valence-electron chi connectivity index (χ0n) is 15.9. The highest BCUT2D eigenvalue weighted by atomic mass is 16.5. The van der Waals surface area contributed by atoms with Crippen LogP contribution in [0.3, 0.4) is 0 Å². The monoisotopic (exact) mass is 352 g/mol. The van der Waals surface area contributed by atoms with Crippen LogP contribution in [0.5, 0.6) is 0 Å². The third-order valence-corrected chi connectivity index (χ3v) is 5.63. The standard InChI is InChI=1S/C22H28N2O2/c1-16-15-20(5-4-12-23-16)26-14-10-18-6-8-19(9-7-18)17(2)22(3)11-13-24-21(22)25/h4,6-9,12,15,17H,5,10-11,13-14H2,1-3H3,(H,24,25). The highest BCUT2D eigenvalue weighted by Crippen LogP contribution is 2.41. The zero-order valence-corrected chi connectivity index (χ0v) is 15.9. The molecule has 1 saturated heterocycles. The van der Waals surface area contributed by atoms with Gasteiger partial charge >= 0.3 is 0 Å². The number of aliphatic imine (C=N–C) groups is 1. The van der Waals surface area contributed by atoms with Gasteiger partial charge in [-0.05, 0) is 36.5 Å². The number of carbonyl (C=O) groups is 1. The lowest BCUT2D eigenvalue weighted by Crippen LogP contribution is -2.33. The molecule has 4 nitrogen and oxygen atoms in total. The Hall–Kier alpha value is -2.36. The number of benzene rings is 1. The van der Waals surface area contributed by atoms with E-state index < -0.39 is 0 Å². The summed E-state index contributed by atoms with van der Waals surface area (Å²) in [7, 11) is 0. The molecule has 1 amide bonds. The minimum Gasteiger partial charge on any atom is -0.497 e. The van der Waals surface area contributed by atoms with Crippen molar-refractivity contribution in [1.29, 1.82) is 0 Å². The van der Waals surface area contributed by atoms with Crippen LogP contribution in [0.4, 0.5) is 0 Å². The van der Waals surface area contributed by atoms with Gasteiger partial charge in [-0.2, -0.15) is 0 Å². The van der Waals surface area contributed by atoms with E-state index in [2.05, 4.69) is 48.4 Å². The number of hydrogen-bond acceptors (Lipinski definition) is 3. The van der Waals surface area contributed by atoms with Crippen molar-refractivity contribution in [3.63, 3.8) is 0 Å². The first-order valence-electron chi connectivity index (χ1n) is 9.39. The predicted molar refractivity (Wildman–Crippen MR) is 105 cm³/mol. The topological polar surface area (TPSA) is 50.7 Å². The van der Waals surface area contributed by atoms with Crippen molar-refractivity contribution in [2.24, 2.45) is 10.4 Å². The Morgan fingerprint density at radius 1 is 1.31 bits per heavy atom. The maximum atomic E-state index is 12.2. The van der Waals surface area contributed by atoms with Gasteiger partial charge < -0.3 is 10.1 Å². The van der Waals surface area contributed by atoms with Gasteiger partial charge in [-0.3, -0.25) is 9.79 Å². The summed E-state index contributed by atoms with van der Waals surface area (Å²) in [5, 5.41) is 2.96. The van der Waals surface area contributed by atoms with E-state index in [4.69, 9.17) is 4.74 Å². The summed E-state index contributed by atoms with van der Waals surface area (Å²) < 4.78 is 5.90. The maximum Gasteiger partial charge on any atom is 0.226 e. The molecule has 2 unspecified atom stereocenters. The second-order valence-corrected chi connectivity index (χ2v) is 7.46. The molecule has 2 heterocycles. The third kappa shape index (κ3) is 4.06. The lowest BCUT2D eigenvalue weighted by molar-refractivity contribution is -0.127. The SMILES string of the molecule is CC1=NC=CCC(OCCc2ccc(C(C)C3(C)CCNC3=O)cc2)=C1. The van der Waals surface area contributed by atoms with Crippen molar-refractivity contribution in [2.75, 3.05) is 13.2 Å². The molecule has 0 spiro atoms. The average Bonchev–Trinajstić information content (AvgIpc) is 2.84. The Morgan fingerprint density at radius 2 is 2.08 bits per heavy atom. The summed E-state index contributed by atoms with van der Waals surface area (Å²) in [6, 6.07) is 8.61. The molecule has 0 saturated carbocycles. The van der Waals surface area contributed by atoms with Crippen molar-refractivity contribution < 1.29 is 9.53 Å². The number of allylic oxidation sites excluding steroid dienone is 2. The van der Waals surface area contributed by atoms with E-state index in [0.29, 0.717) is 6.61 Å². The molecule has 0 radical (unpaired) electrons. The van der Waals surface area contributed by atoms with E-state index in [9.17, 15) is 4.79 Å². The number of rotatable bonds is 6. The van der Waals surface area contributed by atoms with E-state index in [1.54, 1.807) is 0 Å². The summed E-state index contributed by atoms with van der Waals surface area (Å²) in [4.78, 5) is 16.4. The fourth-order valence-corrected chi connectivity index (χ4v) is 3.57. The van der Waals surface area contributed by atoms with Crippen LogP contribution >= 0.6 is 0 Å². The van der Waals surface area contributed by atoms with Crippen LogP contribution in [0.15, 0.2) is 53.4 Å². The summed E-state index contributed by atoms with van der Waals surface area (Å²) >= 11 is 0. The Balaban J connectivity index is 1.56. The van der Waals surface area contributed by atoms with Crippen LogP contribution in [0.1, 0.15) is 50.7 Å². The minimum absolute atomic E-state index is 0.173. The van der Waals surface area contributed by atoms with E-state index in [-0.39, 0.29) is 17.2 Å². The van der Waals surface area contributed by atoms with Crippen LogP contribution in [-0.4, -0.2) is 24.8 Å². The zero-order chi connectivity index (χ0) is 18.6. The van der Waals surface area contributed by atoms with Gasteiger partial charge in [0.25, 0.3) is 0 Å². The second kappa shape index (κ2) is 7.90. The third-order valence-electron chi connectivity index (χ3n) is 5.63. The van der Waals surface area contributed by atoms with Crippen molar-refractivity contribution in [3.05, 3.63) is 59.5 Å². The van der Waals surface area contributed by atoms with Crippen molar-refractivity contribution in [1.82, 2.24) is 5.32 Å². The Kier molecular flexibility index (Phi) is 5.60. The van der Waals surface area contributed by atoms with E-state index in [1.165, 1.54) is 11.1 Å². The van der Waals surface area contributed by atoms with E-state index >= 15 is 0 Å². The molecular weight excluding hydrogens is 324 g/mol. The number of ether oxygens (including phenoxy) is 1. The summed E-state index contributed by atoms with van der Waals surface area (Å²) in [5.74, 6) is 1.35. The largest absolute Gasteiger partial charge is 0.497 e. The molecule has 4 heteroatoms. The van der Waals surface area contributed by atoms with Crippen molar-refractivity contribution >= 4 is 11.6 Å². The maximum absolute atomic E-state index is 12.2. The first kappa shape index (κ1) is 18.4. The summed E-state index contributed by atoms with van der Waals surface area (Å²) in [6.07, 6.45) is 8.39. The normalized spacial score (nSPS) is 23.7. The predicted octanol–water partition coefficient (Wildman–Crippen LogP) is 4.14. The molecule has 2 aliphatic heterocycles. The lowest BCUT2D eigenvalue weighted by atomic mass is 9.73. The van der Waals surface area contributed by atoms with Gasteiger partial charge in [0.2, 0.25) is 5.91 Å². The quantitative estimate of drug-likeness (QED) is 0.836. The van der Waals surface area contributed by atoms with Crippen LogP contribution < -0.4 is 5.32 Å². The highest BCUT2D eigenvalue weighted by molar-refractivity contribution is 5.93. The number of carbonyl (C=O) groups excluding carboxylic acids is 1. The molecule has 1 N–H and O–H groups in total. The molecule has 2 aliphatic rings. The molecule has 1 aromatic rings. The van der Waals surface area contributed by atoms with Gasteiger partial charge in [-0.1, -0.05) is 44.2 Å². The molecular formula is C22H28N2O2. The molecule has 138 valence electrons. The second-order valence-electron chi connectivity index (χ2n) is 7.46. The minimum atomic E-state index is -0.302. The molecule has 0 aromatic heterocycles. The smallest absolute Gasteiger partial charge is 0.226 e. The first-order valence-corrected chi connectivity index (χ1v) is 9.39. The van der Waals surface area contributed by atoms with Gasteiger partial charge in [0, 0.05) is 31.3 Å². The van der Waals surface area contributed by atoms with Crippen LogP contribution in [0.25, 0.3) is 0 Å². The average molecular weight is 352 g/mol. The number of hydrogen-bond donors (Lipinski definition) is 1. The summed E-state index contributed by atoms with van der Waals surface area (Å²) in [6.45, 7) is 7.64.